The molecule has 0 fully saturated rings. The van der Waals surface area contributed by atoms with Crippen molar-refractivity contribution in [1.82, 2.24) is 4.98 Å². The molecule has 0 saturated carbocycles. The first-order valence-corrected chi connectivity index (χ1v) is 10.3. The smallest absolute Gasteiger partial charge is 0.255 e. The summed E-state index contributed by atoms with van der Waals surface area (Å²) in [4.78, 5) is 21.1. The summed E-state index contributed by atoms with van der Waals surface area (Å²) in [6.45, 7) is 0. The van der Waals surface area contributed by atoms with Gasteiger partial charge in [-0.25, -0.2) is 4.98 Å². The molecule has 7 nitrogen and oxygen atoms in total. The minimum Gasteiger partial charge on any atom is -0.495 e. The zero-order chi connectivity index (χ0) is 23.0. The van der Waals surface area contributed by atoms with Crippen LogP contribution in [0, 0.1) is 0 Å². The lowest BCUT2D eigenvalue weighted by Crippen LogP contribution is -2.22. The number of guanidine groups is 1. The molecule has 4 rings (SSSR count). The number of anilines is 2. The fourth-order valence-corrected chi connectivity index (χ4v) is 3.23. The molecule has 0 spiro atoms. The molecule has 1 aromatic heterocycles. The molecular formula is C26H23N5O2. The van der Waals surface area contributed by atoms with E-state index in [0.717, 1.165) is 11.1 Å². The van der Waals surface area contributed by atoms with Crippen LogP contribution in [0.4, 0.5) is 17.2 Å². The van der Waals surface area contributed by atoms with Gasteiger partial charge in [-0.15, -0.1) is 0 Å². The van der Waals surface area contributed by atoms with Gasteiger partial charge in [0.05, 0.1) is 12.8 Å². The Hall–Kier alpha value is -4.65. The normalized spacial score (nSPS) is 11.0. The van der Waals surface area contributed by atoms with Gasteiger partial charge in [-0.05, 0) is 54.1 Å². The van der Waals surface area contributed by atoms with Crippen molar-refractivity contribution in [3.63, 3.8) is 0 Å². The first-order chi connectivity index (χ1) is 16.1. The highest BCUT2D eigenvalue weighted by atomic mass is 16.5. The van der Waals surface area contributed by atoms with E-state index in [1.165, 1.54) is 0 Å². The summed E-state index contributed by atoms with van der Waals surface area (Å²) in [6, 6.07) is 27.8. The van der Waals surface area contributed by atoms with Crippen molar-refractivity contribution < 1.29 is 9.53 Å². The molecule has 4 aromatic rings. The summed E-state index contributed by atoms with van der Waals surface area (Å²) >= 11 is 0. The summed E-state index contributed by atoms with van der Waals surface area (Å²) in [7, 11) is 1.59. The Balaban J connectivity index is 1.46. The van der Waals surface area contributed by atoms with Gasteiger partial charge in [0, 0.05) is 23.0 Å². The number of hydrogen-bond donors (Lipinski definition) is 3. The number of benzene rings is 3. The Morgan fingerprint density at radius 1 is 0.879 bits per heavy atom. The van der Waals surface area contributed by atoms with Crippen LogP contribution >= 0.6 is 0 Å². The number of nitrogens with one attached hydrogen (secondary N) is 2. The molecule has 1 amide bonds. The highest BCUT2D eigenvalue weighted by Gasteiger charge is 2.07. The highest BCUT2D eigenvalue weighted by molar-refractivity contribution is 6.04. The topological polar surface area (TPSA) is 102 Å². The third-order valence-corrected chi connectivity index (χ3v) is 4.84. The van der Waals surface area contributed by atoms with Crippen LogP contribution in [0.25, 0.3) is 11.1 Å². The first-order valence-electron chi connectivity index (χ1n) is 10.3. The summed E-state index contributed by atoms with van der Waals surface area (Å²) in [6.07, 6.45) is 1.72. The largest absolute Gasteiger partial charge is 0.495 e. The van der Waals surface area contributed by atoms with Crippen LogP contribution < -0.4 is 21.1 Å². The minimum atomic E-state index is -0.159. The fraction of sp³-hybridized carbons (Fsp3) is 0.0385. The molecule has 164 valence electrons. The summed E-state index contributed by atoms with van der Waals surface area (Å²) in [5.74, 6) is 1.17. The Labute approximate surface area is 192 Å². The van der Waals surface area contributed by atoms with E-state index in [0.29, 0.717) is 28.5 Å². The molecule has 3 aromatic carbocycles. The van der Waals surface area contributed by atoms with Crippen LogP contribution in [0.2, 0.25) is 0 Å². The minimum absolute atomic E-state index is 0.159. The van der Waals surface area contributed by atoms with E-state index < -0.39 is 0 Å². The zero-order valence-electron chi connectivity index (χ0n) is 18.0. The van der Waals surface area contributed by atoms with Gasteiger partial charge >= 0.3 is 0 Å². The summed E-state index contributed by atoms with van der Waals surface area (Å²) in [5.41, 5.74) is 9.86. The number of pyridine rings is 1. The number of nitrogens with two attached hydrogens (primary N) is 1. The van der Waals surface area contributed by atoms with E-state index >= 15 is 0 Å². The monoisotopic (exact) mass is 437 g/mol. The molecule has 0 aliphatic rings. The second-order valence-electron chi connectivity index (χ2n) is 7.13. The van der Waals surface area contributed by atoms with Gasteiger partial charge in [0.1, 0.15) is 5.75 Å². The third kappa shape index (κ3) is 5.54. The van der Waals surface area contributed by atoms with E-state index in [2.05, 4.69) is 20.6 Å². The molecule has 0 aliphatic carbocycles. The van der Waals surface area contributed by atoms with E-state index in [9.17, 15) is 4.79 Å². The van der Waals surface area contributed by atoms with Crippen LogP contribution in [-0.2, 0) is 0 Å². The molecule has 4 N–H and O–H groups in total. The van der Waals surface area contributed by atoms with Gasteiger partial charge in [-0.1, -0.05) is 42.5 Å². The van der Waals surface area contributed by atoms with Crippen LogP contribution in [0.15, 0.2) is 102 Å². The van der Waals surface area contributed by atoms with Gasteiger partial charge in [-0.3, -0.25) is 4.79 Å². The number of methoxy groups -OCH3 is 1. The average Bonchev–Trinajstić information content (AvgIpc) is 2.85. The molecule has 0 aliphatic heterocycles. The predicted molar refractivity (Wildman–Crippen MR) is 132 cm³/mol. The third-order valence-electron chi connectivity index (χ3n) is 4.84. The number of carbonyl (C=O) groups is 1. The molecule has 1 heterocycles. The maximum absolute atomic E-state index is 12.4. The molecule has 7 heteroatoms. The number of ether oxygens (including phenoxy) is 1. The van der Waals surface area contributed by atoms with Crippen molar-refractivity contribution >= 4 is 29.1 Å². The van der Waals surface area contributed by atoms with Crippen LogP contribution in [0.3, 0.4) is 0 Å². The Kier molecular flexibility index (Phi) is 6.61. The van der Waals surface area contributed by atoms with Crippen LogP contribution in [0.5, 0.6) is 5.75 Å². The van der Waals surface area contributed by atoms with Crippen molar-refractivity contribution in [3.8, 4) is 16.9 Å². The van der Waals surface area contributed by atoms with Gasteiger partial charge in [0.2, 0.25) is 0 Å². The van der Waals surface area contributed by atoms with Gasteiger partial charge < -0.3 is 21.1 Å². The van der Waals surface area contributed by atoms with Crippen molar-refractivity contribution in [1.29, 1.82) is 0 Å². The lowest BCUT2D eigenvalue weighted by atomic mass is 10.1. The molecule has 0 saturated heterocycles. The number of amides is 1. The number of aromatic nitrogens is 1. The average molecular weight is 438 g/mol. The number of rotatable bonds is 6. The molecule has 33 heavy (non-hydrogen) atoms. The SMILES string of the molecule is COc1ccccc1NC(N)=Nc1ccc(-c2cccc(NC(=O)c3ccccc3)c2)cn1. The Morgan fingerprint density at radius 2 is 1.67 bits per heavy atom. The lowest BCUT2D eigenvalue weighted by Gasteiger charge is -2.10. The second-order valence-corrected chi connectivity index (χ2v) is 7.13. The number of carbonyl (C=O) groups excluding carboxylic acids is 1. The standard InChI is InChI=1S/C26H23N5O2/c1-33-23-13-6-5-12-22(23)30-26(27)31-24-15-14-20(17-28-24)19-10-7-11-21(16-19)29-25(32)18-8-3-2-4-9-18/h2-17H,1H3,(H,29,32)(H3,27,28,30,31). The quantitative estimate of drug-likeness (QED) is 0.289. The van der Waals surface area contributed by atoms with E-state index in [-0.39, 0.29) is 11.9 Å². The summed E-state index contributed by atoms with van der Waals surface area (Å²) in [5, 5.41) is 5.94. The van der Waals surface area contributed by atoms with E-state index in [4.69, 9.17) is 10.5 Å². The number of nitrogens with zero attached hydrogens (tertiary/aromatic N) is 2. The first kappa shape index (κ1) is 21.6. The maximum Gasteiger partial charge on any atom is 0.255 e. The van der Waals surface area contributed by atoms with E-state index in [1.807, 2.05) is 72.8 Å². The van der Waals surface area contributed by atoms with Gasteiger partial charge in [0.15, 0.2) is 11.8 Å². The maximum atomic E-state index is 12.4. The number of para-hydroxylation sites is 2. The van der Waals surface area contributed by atoms with Gasteiger partial charge in [0.25, 0.3) is 5.91 Å². The van der Waals surface area contributed by atoms with E-state index in [1.54, 1.807) is 31.5 Å². The van der Waals surface area contributed by atoms with Crippen molar-refractivity contribution in [2.24, 2.45) is 10.7 Å². The Bertz CT molecular complexity index is 1270. The number of hydrogen-bond acceptors (Lipinski definition) is 4. The molecule has 0 unspecified atom stereocenters. The zero-order valence-corrected chi connectivity index (χ0v) is 18.0. The molecular weight excluding hydrogens is 414 g/mol. The molecule has 0 radical (unpaired) electrons. The van der Waals surface area contributed by atoms with Gasteiger partial charge in [-0.2, -0.15) is 4.99 Å². The fourth-order valence-electron chi connectivity index (χ4n) is 3.23. The predicted octanol–water partition coefficient (Wildman–Crippen LogP) is 5.07. The highest BCUT2D eigenvalue weighted by Crippen LogP contribution is 2.25. The summed E-state index contributed by atoms with van der Waals surface area (Å²) < 4.78 is 5.30. The second kappa shape index (κ2) is 10.1. The number of aliphatic imine (C=N–C) groups is 1. The van der Waals surface area contributed by atoms with Crippen LogP contribution in [-0.4, -0.2) is 24.0 Å². The van der Waals surface area contributed by atoms with Crippen molar-refractivity contribution in [3.05, 3.63) is 103 Å². The van der Waals surface area contributed by atoms with Crippen molar-refractivity contribution in [2.45, 2.75) is 0 Å². The molecule has 0 atom stereocenters. The molecule has 0 bridgehead atoms. The van der Waals surface area contributed by atoms with Crippen molar-refractivity contribution in [2.75, 3.05) is 17.7 Å². The van der Waals surface area contributed by atoms with Crippen LogP contribution in [0.1, 0.15) is 10.4 Å². The Morgan fingerprint density at radius 3 is 2.42 bits per heavy atom. The lowest BCUT2D eigenvalue weighted by molar-refractivity contribution is 0.102.